The maximum Gasteiger partial charge on any atom is 0.295 e. The normalized spacial score (nSPS) is 18.5. The van der Waals surface area contributed by atoms with Crippen LogP contribution in [-0.4, -0.2) is 54.1 Å². The first-order valence-corrected chi connectivity index (χ1v) is 8.90. The minimum atomic E-state index is -0.716. The molecule has 7 nitrogen and oxygen atoms in total. The second kappa shape index (κ2) is 8.67. The monoisotopic (exact) mass is 382 g/mol. The maximum atomic E-state index is 12.8. The minimum absolute atomic E-state index is 0.0451. The van der Waals surface area contributed by atoms with Crippen molar-refractivity contribution in [1.29, 1.82) is 0 Å². The molecule has 7 heteroatoms. The first-order valence-electron chi connectivity index (χ1n) is 8.90. The Morgan fingerprint density at radius 3 is 2.71 bits per heavy atom. The zero-order valence-corrected chi connectivity index (χ0v) is 15.8. The van der Waals surface area contributed by atoms with Crippen LogP contribution < -0.4 is 4.74 Å². The van der Waals surface area contributed by atoms with E-state index in [1.54, 1.807) is 55.9 Å². The fraction of sp³-hybridized carbons (Fsp3) is 0.286. The van der Waals surface area contributed by atoms with Crippen LogP contribution in [0.3, 0.4) is 0 Å². The predicted octanol–water partition coefficient (Wildman–Crippen LogP) is 2.55. The van der Waals surface area contributed by atoms with Crippen molar-refractivity contribution < 1.29 is 24.2 Å². The number of carbonyl (C=O) groups excluding carboxylic acids is 2. The number of benzene rings is 1. The van der Waals surface area contributed by atoms with Gasteiger partial charge in [-0.2, -0.15) is 0 Å². The van der Waals surface area contributed by atoms with Gasteiger partial charge in [-0.3, -0.25) is 14.6 Å². The van der Waals surface area contributed by atoms with Crippen molar-refractivity contribution >= 4 is 17.4 Å². The smallest absolute Gasteiger partial charge is 0.295 e. The number of nitrogens with zero attached hydrogens (tertiary/aromatic N) is 2. The Labute approximate surface area is 163 Å². The lowest BCUT2D eigenvalue weighted by Crippen LogP contribution is -2.31. The van der Waals surface area contributed by atoms with Crippen molar-refractivity contribution in [2.24, 2.45) is 0 Å². The Morgan fingerprint density at radius 1 is 1.21 bits per heavy atom. The zero-order chi connectivity index (χ0) is 20.1. The summed E-state index contributed by atoms with van der Waals surface area (Å²) in [5.41, 5.74) is 1.11. The molecule has 0 bridgehead atoms. The third kappa shape index (κ3) is 3.75. The lowest BCUT2D eigenvalue weighted by molar-refractivity contribution is -0.140. The highest BCUT2D eigenvalue weighted by atomic mass is 16.5. The Kier molecular flexibility index (Phi) is 6.06. The van der Waals surface area contributed by atoms with Crippen LogP contribution in [0.15, 0.2) is 54.4 Å². The summed E-state index contributed by atoms with van der Waals surface area (Å²) in [6.07, 6.45) is 3.78. The van der Waals surface area contributed by atoms with Gasteiger partial charge in [-0.05, 0) is 30.2 Å². The van der Waals surface area contributed by atoms with Gasteiger partial charge in [-0.25, -0.2) is 0 Å². The second-order valence-electron chi connectivity index (χ2n) is 6.36. The number of likely N-dealkylation sites (tertiary alicyclic amines) is 1. The molecule has 28 heavy (non-hydrogen) atoms. The molecule has 0 radical (unpaired) electrons. The highest BCUT2D eigenvalue weighted by Gasteiger charge is 2.45. The molecule has 1 fully saturated rings. The number of pyridine rings is 1. The van der Waals surface area contributed by atoms with Gasteiger partial charge < -0.3 is 19.5 Å². The standard InChI is InChI=1S/C21H22N2O5/c1-27-11-5-10-23-18(15-7-4-9-22-13-15)17(20(25)21(23)26)19(24)14-6-3-8-16(12-14)28-2/h3-4,6-9,12-13,18,24H,5,10-11H2,1-2H3/b19-17+. The molecule has 2 aromatic rings. The van der Waals surface area contributed by atoms with E-state index < -0.39 is 17.7 Å². The predicted molar refractivity (Wildman–Crippen MR) is 103 cm³/mol. The maximum absolute atomic E-state index is 12.8. The van der Waals surface area contributed by atoms with Crippen LogP contribution in [0.4, 0.5) is 0 Å². The van der Waals surface area contributed by atoms with Crippen LogP contribution in [0.5, 0.6) is 5.75 Å². The second-order valence-corrected chi connectivity index (χ2v) is 6.36. The van der Waals surface area contributed by atoms with E-state index >= 15 is 0 Å². The summed E-state index contributed by atoms with van der Waals surface area (Å²) >= 11 is 0. The summed E-state index contributed by atoms with van der Waals surface area (Å²) < 4.78 is 10.3. The number of Topliss-reactive ketones (excluding diaryl/α,β-unsaturated/α-hetero) is 1. The van der Waals surface area contributed by atoms with Gasteiger partial charge >= 0.3 is 0 Å². The number of amides is 1. The van der Waals surface area contributed by atoms with Gasteiger partial charge in [0.1, 0.15) is 11.5 Å². The number of hydrogen-bond acceptors (Lipinski definition) is 6. The SMILES string of the molecule is COCCCN1C(=O)C(=O)/C(=C(/O)c2cccc(OC)c2)C1c1cccnc1. The highest BCUT2D eigenvalue weighted by Crippen LogP contribution is 2.39. The van der Waals surface area contributed by atoms with Crippen LogP contribution in [0.1, 0.15) is 23.6 Å². The van der Waals surface area contributed by atoms with Gasteiger partial charge in [0, 0.05) is 38.2 Å². The number of ether oxygens (including phenoxy) is 2. The molecule has 0 saturated carbocycles. The molecular formula is C21H22N2O5. The number of carbonyl (C=O) groups is 2. The van der Waals surface area contributed by atoms with E-state index in [4.69, 9.17) is 9.47 Å². The quantitative estimate of drug-likeness (QED) is 0.343. The Hall–Kier alpha value is -3.19. The minimum Gasteiger partial charge on any atom is -0.507 e. The molecular weight excluding hydrogens is 360 g/mol. The summed E-state index contributed by atoms with van der Waals surface area (Å²) in [6.45, 7) is 0.783. The van der Waals surface area contributed by atoms with Gasteiger partial charge in [0.2, 0.25) is 0 Å². The third-order valence-corrected chi connectivity index (χ3v) is 4.63. The summed E-state index contributed by atoms with van der Waals surface area (Å²) in [4.78, 5) is 31.1. The van der Waals surface area contributed by atoms with E-state index in [-0.39, 0.29) is 11.3 Å². The summed E-state index contributed by atoms with van der Waals surface area (Å²) in [6, 6.07) is 9.53. The summed E-state index contributed by atoms with van der Waals surface area (Å²) in [7, 11) is 3.10. The molecule has 3 rings (SSSR count). The zero-order valence-electron chi connectivity index (χ0n) is 15.8. The van der Waals surface area contributed by atoms with Crippen LogP contribution in [0.25, 0.3) is 5.76 Å². The van der Waals surface area contributed by atoms with Gasteiger partial charge in [0.05, 0.1) is 18.7 Å². The van der Waals surface area contributed by atoms with E-state index in [0.717, 1.165) is 0 Å². The van der Waals surface area contributed by atoms with Crippen LogP contribution >= 0.6 is 0 Å². The van der Waals surface area contributed by atoms with E-state index in [2.05, 4.69) is 4.98 Å². The number of aliphatic hydroxyl groups is 1. The van der Waals surface area contributed by atoms with Crippen LogP contribution in [-0.2, 0) is 14.3 Å². The van der Waals surface area contributed by atoms with Gasteiger partial charge in [-0.1, -0.05) is 18.2 Å². The van der Waals surface area contributed by atoms with E-state index in [9.17, 15) is 14.7 Å². The first-order chi connectivity index (χ1) is 13.6. The van der Waals surface area contributed by atoms with Crippen molar-refractivity contribution in [3.63, 3.8) is 0 Å². The highest BCUT2D eigenvalue weighted by molar-refractivity contribution is 6.46. The number of methoxy groups -OCH3 is 2. The number of hydrogen-bond donors (Lipinski definition) is 1. The molecule has 1 amide bonds. The fourth-order valence-electron chi connectivity index (χ4n) is 3.30. The lowest BCUT2D eigenvalue weighted by atomic mass is 9.96. The topological polar surface area (TPSA) is 89.0 Å². The number of aliphatic hydroxyl groups excluding tert-OH is 1. The van der Waals surface area contributed by atoms with Crippen molar-refractivity contribution in [2.45, 2.75) is 12.5 Å². The number of aromatic nitrogens is 1. The lowest BCUT2D eigenvalue weighted by Gasteiger charge is -2.25. The molecule has 1 saturated heterocycles. The summed E-state index contributed by atoms with van der Waals surface area (Å²) in [5.74, 6) is -1.06. The van der Waals surface area contributed by atoms with Gasteiger partial charge in [0.25, 0.3) is 11.7 Å². The first kappa shape index (κ1) is 19.6. The van der Waals surface area contributed by atoms with Crippen LogP contribution in [0.2, 0.25) is 0 Å². The molecule has 1 unspecified atom stereocenters. The largest absolute Gasteiger partial charge is 0.507 e. The fourth-order valence-corrected chi connectivity index (χ4v) is 3.30. The van der Waals surface area contributed by atoms with Crippen molar-refractivity contribution in [1.82, 2.24) is 9.88 Å². The van der Waals surface area contributed by atoms with E-state index in [0.29, 0.717) is 36.4 Å². The van der Waals surface area contributed by atoms with E-state index in [1.165, 1.54) is 12.0 Å². The number of rotatable bonds is 7. The Morgan fingerprint density at radius 2 is 2.04 bits per heavy atom. The Bertz CT molecular complexity index is 895. The molecule has 0 aliphatic carbocycles. The molecule has 1 N–H and O–H groups in total. The molecule has 1 atom stereocenters. The molecule has 1 aliphatic rings. The molecule has 1 aliphatic heterocycles. The van der Waals surface area contributed by atoms with Crippen molar-refractivity contribution in [3.8, 4) is 5.75 Å². The third-order valence-electron chi connectivity index (χ3n) is 4.63. The van der Waals surface area contributed by atoms with Crippen molar-refractivity contribution in [2.75, 3.05) is 27.4 Å². The summed E-state index contributed by atoms with van der Waals surface area (Å²) in [5, 5.41) is 10.9. The average Bonchev–Trinajstić information content (AvgIpc) is 2.99. The Balaban J connectivity index is 2.10. The van der Waals surface area contributed by atoms with Crippen molar-refractivity contribution in [3.05, 3.63) is 65.5 Å². The molecule has 2 heterocycles. The van der Waals surface area contributed by atoms with Gasteiger partial charge in [0.15, 0.2) is 0 Å². The molecule has 1 aromatic carbocycles. The van der Waals surface area contributed by atoms with E-state index in [1.807, 2.05) is 0 Å². The average molecular weight is 382 g/mol. The molecule has 0 spiro atoms. The van der Waals surface area contributed by atoms with Gasteiger partial charge in [-0.15, -0.1) is 0 Å². The number of ketones is 1. The van der Waals surface area contributed by atoms with Crippen LogP contribution in [0, 0.1) is 0 Å². The molecule has 1 aromatic heterocycles. The molecule has 146 valence electrons.